The van der Waals surface area contributed by atoms with Crippen molar-refractivity contribution in [1.29, 1.82) is 0 Å². The van der Waals surface area contributed by atoms with Gasteiger partial charge in [-0.05, 0) is 53.1 Å². The van der Waals surface area contributed by atoms with Crippen LogP contribution in [-0.2, 0) is 0 Å². The first kappa shape index (κ1) is 15.8. The van der Waals surface area contributed by atoms with E-state index in [4.69, 9.17) is 16.0 Å². The van der Waals surface area contributed by atoms with E-state index in [1.54, 1.807) is 11.8 Å². The Morgan fingerprint density at radius 1 is 0.808 bits per heavy atom. The van der Waals surface area contributed by atoms with Crippen molar-refractivity contribution < 1.29 is 4.42 Å². The Bertz CT molecular complexity index is 1290. The van der Waals surface area contributed by atoms with Crippen LogP contribution in [0.4, 0.5) is 0 Å². The van der Waals surface area contributed by atoms with Crippen LogP contribution in [0.3, 0.4) is 0 Å². The fourth-order valence-electron chi connectivity index (χ4n) is 3.67. The summed E-state index contributed by atoms with van der Waals surface area (Å²) in [6.45, 7) is 0. The van der Waals surface area contributed by atoms with E-state index in [9.17, 15) is 0 Å². The second-order valence-electron chi connectivity index (χ2n) is 6.29. The highest BCUT2D eigenvalue weighted by atomic mass is 35.5. The van der Waals surface area contributed by atoms with Crippen molar-refractivity contribution >= 4 is 56.1 Å². The molecule has 0 unspecified atom stereocenters. The van der Waals surface area contributed by atoms with Crippen molar-refractivity contribution in [2.24, 2.45) is 0 Å². The van der Waals surface area contributed by atoms with Crippen molar-refractivity contribution in [2.45, 2.75) is 4.90 Å². The molecule has 3 heteroatoms. The van der Waals surface area contributed by atoms with Crippen LogP contribution in [0, 0.1) is 0 Å². The van der Waals surface area contributed by atoms with Crippen molar-refractivity contribution in [3.05, 3.63) is 77.8 Å². The summed E-state index contributed by atoms with van der Waals surface area (Å²) in [5, 5.41) is 5.36. The zero-order valence-electron chi connectivity index (χ0n) is 14.1. The van der Waals surface area contributed by atoms with E-state index < -0.39 is 0 Å². The molecule has 0 amide bonds. The molecule has 1 heterocycles. The molecule has 4 aromatic carbocycles. The number of fused-ring (bicyclic) bond motifs is 5. The summed E-state index contributed by atoms with van der Waals surface area (Å²) >= 11 is 8.04. The predicted molar refractivity (Wildman–Crippen MR) is 113 cm³/mol. The molecule has 1 aromatic heterocycles. The second-order valence-corrected chi connectivity index (χ2v) is 7.57. The van der Waals surface area contributed by atoms with Crippen LogP contribution < -0.4 is 0 Å². The van der Waals surface area contributed by atoms with Gasteiger partial charge in [0.05, 0.1) is 0 Å². The molecule has 0 bridgehead atoms. The SMILES string of the molecule is CSc1ccc(Cl)cc1-c1cccc2oc3c4ccccc4ccc3c12. The van der Waals surface area contributed by atoms with Gasteiger partial charge in [0.15, 0.2) is 0 Å². The van der Waals surface area contributed by atoms with E-state index in [2.05, 4.69) is 54.8 Å². The number of thioether (sulfide) groups is 1. The third-order valence-corrected chi connectivity index (χ3v) is 5.87. The molecule has 0 spiro atoms. The average Bonchev–Trinajstić information content (AvgIpc) is 3.07. The average molecular weight is 375 g/mol. The maximum Gasteiger partial charge on any atom is 0.143 e. The van der Waals surface area contributed by atoms with Gasteiger partial charge in [-0.2, -0.15) is 0 Å². The zero-order valence-corrected chi connectivity index (χ0v) is 15.7. The van der Waals surface area contributed by atoms with E-state index in [1.165, 1.54) is 10.3 Å². The molecular formula is C23H15ClOS. The fraction of sp³-hybridized carbons (Fsp3) is 0.0435. The Morgan fingerprint density at radius 3 is 2.58 bits per heavy atom. The lowest BCUT2D eigenvalue weighted by atomic mass is 9.98. The molecule has 0 atom stereocenters. The van der Waals surface area contributed by atoms with Gasteiger partial charge in [-0.1, -0.05) is 54.1 Å². The Labute approximate surface area is 160 Å². The Morgan fingerprint density at radius 2 is 1.69 bits per heavy atom. The van der Waals surface area contributed by atoms with Crippen molar-refractivity contribution in [2.75, 3.05) is 6.26 Å². The first-order chi connectivity index (χ1) is 12.8. The highest BCUT2D eigenvalue weighted by molar-refractivity contribution is 7.98. The highest BCUT2D eigenvalue weighted by Gasteiger charge is 2.16. The maximum absolute atomic E-state index is 6.31. The second kappa shape index (κ2) is 6.08. The van der Waals surface area contributed by atoms with E-state index in [0.717, 1.165) is 43.5 Å². The molecule has 0 saturated carbocycles. The van der Waals surface area contributed by atoms with Crippen molar-refractivity contribution in [3.63, 3.8) is 0 Å². The van der Waals surface area contributed by atoms with Gasteiger partial charge >= 0.3 is 0 Å². The van der Waals surface area contributed by atoms with Gasteiger partial charge in [0.1, 0.15) is 11.2 Å². The van der Waals surface area contributed by atoms with Crippen LogP contribution in [-0.4, -0.2) is 6.26 Å². The van der Waals surface area contributed by atoms with Gasteiger partial charge < -0.3 is 4.42 Å². The number of furan rings is 1. The number of rotatable bonds is 2. The van der Waals surface area contributed by atoms with Crippen LogP contribution in [0.5, 0.6) is 0 Å². The van der Waals surface area contributed by atoms with Gasteiger partial charge in [-0.25, -0.2) is 0 Å². The lowest BCUT2D eigenvalue weighted by Crippen LogP contribution is -1.84. The molecule has 5 aromatic rings. The Kier molecular flexibility index (Phi) is 3.70. The molecule has 0 aliphatic rings. The molecule has 126 valence electrons. The first-order valence-electron chi connectivity index (χ1n) is 8.43. The number of hydrogen-bond donors (Lipinski definition) is 0. The molecule has 0 saturated heterocycles. The van der Waals surface area contributed by atoms with Gasteiger partial charge in [0.2, 0.25) is 0 Å². The van der Waals surface area contributed by atoms with E-state index >= 15 is 0 Å². The Hall–Kier alpha value is -2.42. The summed E-state index contributed by atoms with van der Waals surface area (Å²) in [6, 6.07) is 25.0. The van der Waals surface area contributed by atoms with E-state index in [-0.39, 0.29) is 0 Å². The monoisotopic (exact) mass is 374 g/mol. The quantitative estimate of drug-likeness (QED) is 0.292. The van der Waals surface area contributed by atoms with Crippen LogP contribution in [0.15, 0.2) is 82.1 Å². The highest BCUT2D eigenvalue weighted by Crippen LogP contribution is 2.42. The van der Waals surface area contributed by atoms with Crippen LogP contribution in [0.25, 0.3) is 43.8 Å². The normalized spacial score (nSPS) is 11.6. The van der Waals surface area contributed by atoms with Crippen LogP contribution in [0.2, 0.25) is 5.02 Å². The molecule has 0 N–H and O–H groups in total. The molecule has 1 nitrogen and oxygen atoms in total. The first-order valence-corrected chi connectivity index (χ1v) is 10.0. The number of hydrogen-bond acceptors (Lipinski definition) is 2. The topological polar surface area (TPSA) is 13.1 Å². The summed E-state index contributed by atoms with van der Waals surface area (Å²) in [7, 11) is 0. The van der Waals surface area contributed by atoms with Gasteiger partial charge in [-0.15, -0.1) is 11.8 Å². The smallest absolute Gasteiger partial charge is 0.143 e. The van der Waals surface area contributed by atoms with Crippen LogP contribution >= 0.6 is 23.4 Å². The molecule has 0 radical (unpaired) electrons. The molecule has 0 aliphatic heterocycles. The third kappa shape index (κ3) is 2.33. The minimum atomic E-state index is 0.744. The summed E-state index contributed by atoms with van der Waals surface area (Å²) < 4.78 is 6.29. The van der Waals surface area contributed by atoms with E-state index in [0.29, 0.717) is 0 Å². The zero-order chi connectivity index (χ0) is 17.7. The standard InChI is InChI=1S/C23H15ClOS/c1-26-21-12-10-15(24)13-19(21)17-7-4-8-20-22(17)18-11-9-14-5-2-3-6-16(14)23(18)25-20/h2-13H,1H3. The van der Waals surface area contributed by atoms with Gasteiger partial charge in [0, 0.05) is 26.1 Å². The Balaban J connectivity index is 1.93. The van der Waals surface area contributed by atoms with Gasteiger partial charge in [0.25, 0.3) is 0 Å². The van der Waals surface area contributed by atoms with E-state index in [1.807, 2.05) is 24.3 Å². The van der Waals surface area contributed by atoms with Crippen molar-refractivity contribution in [1.82, 2.24) is 0 Å². The summed E-state index contributed by atoms with van der Waals surface area (Å²) in [5.74, 6) is 0. The molecule has 5 rings (SSSR count). The lowest BCUT2D eigenvalue weighted by molar-refractivity contribution is 0.673. The van der Waals surface area contributed by atoms with Crippen LogP contribution in [0.1, 0.15) is 0 Å². The lowest BCUT2D eigenvalue weighted by Gasteiger charge is -2.09. The third-order valence-electron chi connectivity index (χ3n) is 4.84. The largest absolute Gasteiger partial charge is 0.455 e. The fourth-order valence-corrected chi connectivity index (χ4v) is 4.43. The van der Waals surface area contributed by atoms with Crippen molar-refractivity contribution in [3.8, 4) is 11.1 Å². The predicted octanol–water partition coefficient (Wildman–Crippen LogP) is 7.78. The minimum Gasteiger partial charge on any atom is -0.455 e. The van der Waals surface area contributed by atoms with Gasteiger partial charge in [-0.3, -0.25) is 0 Å². The molecular weight excluding hydrogens is 360 g/mol. The molecule has 26 heavy (non-hydrogen) atoms. The number of halogens is 1. The maximum atomic E-state index is 6.31. The summed E-state index contributed by atoms with van der Waals surface area (Å²) in [4.78, 5) is 1.21. The minimum absolute atomic E-state index is 0.744. The number of benzene rings is 4. The molecule has 0 aliphatic carbocycles. The summed E-state index contributed by atoms with van der Waals surface area (Å²) in [6.07, 6.45) is 2.09. The summed E-state index contributed by atoms with van der Waals surface area (Å²) in [5.41, 5.74) is 4.15. The molecule has 0 fully saturated rings.